The van der Waals surface area contributed by atoms with Crippen LogP contribution in [0.15, 0.2) is 12.3 Å². The molecule has 88 valence electrons. The minimum Gasteiger partial charge on any atom is -0.349 e. The fourth-order valence-electron chi connectivity index (χ4n) is 2.01. The van der Waals surface area contributed by atoms with Crippen molar-refractivity contribution in [2.75, 3.05) is 0 Å². The molecule has 0 saturated heterocycles. The Morgan fingerprint density at radius 2 is 2.19 bits per heavy atom. The van der Waals surface area contributed by atoms with Crippen LogP contribution in [-0.4, -0.2) is 23.6 Å². The number of rotatable bonds is 2. The van der Waals surface area contributed by atoms with Gasteiger partial charge in [0.1, 0.15) is 0 Å². The topological polar surface area (TPSA) is 96.2 Å². The first-order valence-corrected chi connectivity index (χ1v) is 5.46. The zero-order valence-electron chi connectivity index (χ0n) is 8.95. The molecule has 1 aliphatic heterocycles. The van der Waals surface area contributed by atoms with Crippen molar-refractivity contribution in [3.05, 3.63) is 12.3 Å². The van der Waals surface area contributed by atoms with Crippen LogP contribution in [0.2, 0.25) is 0 Å². The van der Waals surface area contributed by atoms with Crippen LogP contribution in [0.4, 0.5) is 0 Å². The highest BCUT2D eigenvalue weighted by molar-refractivity contribution is 5.96. The average molecular weight is 224 g/mol. The molecule has 2 amide bonds. The van der Waals surface area contributed by atoms with E-state index in [9.17, 15) is 9.59 Å². The van der Waals surface area contributed by atoms with Gasteiger partial charge >= 0.3 is 0 Å². The molecule has 1 aliphatic carbocycles. The van der Waals surface area contributed by atoms with Gasteiger partial charge in [-0.3, -0.25) is 15.3 Å². The summed E-state index contributed by atoms with van der Waals surface area (Å²) >= 11 is 0. The number of carbonyl (C=O) groups excluding carboxylic acids is 2. The predicted molar refractivity (Wildman–Crippen MR) is 57.7 cm³/mol. The first kappa shape index (κ1) is 10.9. The Morgan fingerprint density at radius 3 is 2.81 bits per heavy atom. The lowest BCUT2D eigenvalue weighted by molar-refractivity contribution is -0.134. The number of hydrogen-bond acceptors (Lipinski definition) is 4. The summed E-state index contributed by atoms with van der Waals surface area (Å²) in [5.41, 5.74) is 5.76. The van der Waals surface area contributed by atoms with Crippen molar-refractivity contribution in [2.24, 2.45) is 5.73 Å². The van der Waals surface area contributed by atoms with Crippen molar-refractivity contribution in [2.45, 2.75) is 37.5 Å². The zero-order chi connectivity index (χ0) is 11.6. The van der Waals surface area contributed by atoms with Gasteiger partial charge in [0.2, 0.25) is 11.7 Å². The van der Waals surface area contributed by atoms with Crippen LogP contribution in [0.5, 0.6) is 0 Å². The summed E-state index contributed by atoms with van der Waals surface area (Å²) in [6.07, 6.45) is 6.88. The number of hydrogen-bond donors (Lipinski definition) is 4. The first-order chi connectivity index (χ1) is 7.60. The van der Waals surface area contributed by atoms with Gasteiger partial charge < -0.3 is 16.0 Å². The smallest absolute Gasteiger partial charge is 0.282 e. The van der Waals surface area contributed by atoms with Gasteiger partial charge in [0.05, 0.1) is 0 Å². The third-order valence-corrected chi connectivity index (χ3v) is 2.91. The number of nitrogens with two attached hydrogens (primary N) is 1. The van der Waals surface area contributed by atoms with Crippen LogP contribution < -0.4 is 21.7 Å². The molecular weight excluding hydrogens is 208 g/mol. The highest BCUT2D eigenvalue weighted by Crippen LogP contribution is 2.17. The van der Waals surface area contributed by atoms with Gasteiger partial charge in [-0.2, -0.15) is 0 Å². The predicted octanol–water partition coefficient (Wildman–Crippen LogP) is -1.11. The van der Waals surface area contributed by atoms with Gasteiger partial charge in [-0.15, -0.1) is 0 Å². The summed E-state index contributed by atoms with van der Waals surface area (Å²) in [6.45, 7) is 0. The monoisotopic (exact) mass is 224 g/mol. The SMILES string of the molecule is NC1(C(=O)NC2CCCC2)NC=CC(=O)N1. The first-order valence-electron chi connectivity index (χ1n) is 5.46. The number of carbonyl (C=O) groups is 2. The Morgan fingerprint density at radius 1 is 1.50 bits per heavy atom. The summed E-state index contributed by atoms with van der Waals surface area (Å²) in [4.78, 5) is 23.0. The molecule has 1 unspecified atom stereocenters. The molecule has 0 aromatic carbocycles. The molecule has 2 rings (SSSR count). The van der Waals surface area contributed by atoms with E-state index in [1.807, 2.05) is 0 Å². The van der Waals surface area contributed by atoms with Crippen LogP contribution in [0.25, 0.3) is 0 Å². The van der Waals surface area contributed by atoms with E-state index in [0.717, 1.165) is 25.7 Å². The molecule has 0 aromatic rings. The zero-order valence-corrected chi connectivity index (χ0v) is 8.95. The van der Waals surface area contributed by atoms with Crippen molar-refractivity contribution in [3.8, 4) is 0 Å². The molecule has 0 radical (unpaired) electrons. The summed E-state index contributed by atoms with van der Waals surface area (Å²) in [6, 6.07) is 0.178. The molecular formula is C10H16N4O2. The third-order valence-electron chi connectivity index (χ3n) is 2.91. The lowest BCUT2D eigenvalue weighted by Gasteiger charge is -2.32. The molecule has 6 heteroatoms. The molecule has 6 nitrogen and oxygen atoms in total. The average Bonchev–Trinajstić information content (AvgIpc) is 2.70. The van der Waals surface area contributed by atoms with E-state index in [1.54, 1.807) is 0 Å². The number of amides is 2. The molecule has 16 heavy (non-hydrogen) atoms. The van der Waals surface area contributed by atoms with Crippen LogP contribution >= 0.6 is 0 Å². The van der Waals surface area contributed by atoms with Gasteiger partial charge in [-0.1, -0.05) is 12.8 Å². The minimum atomic E-state index is -1.52. The second kappa shape index (κ2) is 4.13. The lowest BCUT2D eigenvalue weighted by Crippen LogP contribution is -2.73. The summed E-state index contributed by atoms with van der Waals surface area (Å²) in [5, 5.41) is 7.88. The fourth-order valence-corrected chi connectivity index (χ4v) is 2.01. The quantitative estimate of drug-likeness (QED) is 0.478. The maximum absolute atomic E-state index is 11.9. The summed E-state index contributed by atoms with van der Waals surface area (Å²) < 4.78 is 0. The van der Waals surface area contributed by atoms with Gasteiger partial charge in [-0.05, 0) is 12.8 Å². The molecule has 1 saturated carbocycles. The van der Waals surface area contributed by atoms with E-state index < -0.39 is 11.7 Å². The van der Waals surface area contributed by atoms with E-state index >= 15 is 0 Å². The maximum atomic E-state index is 11.9. The molecule has 2 aliphatic rings. The Balaban J connectivity index is 1.97. The van der Waals surface area contributed by atoms with Crippen LogP contribution in [0, 0.1) is 0 Å². The Hall–Kier alpha value is -1.56. The van der Waals surface area contributed by atoms with E-state index in [1.165, 1.54) is 12.3 Å². The number of nitrogens with one attached hydrogen (secondary N) is 3. The normalized spacial score (nSPS) is 29.7. The van der Waals surface area contributed by atoms with Crippen LogP contribution in [0.1, 0.15) is 25.7 Å². The molecule has 5 N–H and O–H groups in total. The van der Waals surface area contributed by atoms with Gasteiger partial charge in [-0.25, -0.2) is 0 Å². The van der Waals surface area contributed by atoms with E-state index in [-0.39, 0.29) is 11.9 Å². The van der Waals surface area contributed by atoms with Gasteiger partial charge in [0.25, 0.3) is 5.91 Å². The van der Waals surface area contributed by atoms with Crippen molar-refractivity contribution >= 4 is 11.8 Å². The Labute approximate surface area is 93.6 Å². The van der Waals surface area contributed by atoms with Crippen molar-refractivity contribution in [1.82, 2.24) is 16.0 Å². The largest absolute Gasteiger partial charge is 0.349 e. The molecule has 0 spiro atoms. The third kappa shape index (κ3) is 2.16. The molecule has 0 bridgehead atoms. The lowest BCUT2D eigenvalue weighted by atomic mass is 10.2. The maximum Gasteiger partial charge on any atom is 0.282 e. The van der Waals surface area contributed by atoms with Crippen LogP contribution in [-0.2, 0) is 9.59 Å². The highest BCUT2D eigenvalue weighted by atomic mass is 16.2. The molecule has 1 heterocycles. The second-order valence-corrected chi connectivity index (χ2v) is 4.23. The highest BCUT2D eigenvalue weighted by Gasteiger charge is 2.37. The molecule has 1 fully saturated rings. The van der Waals surface area contributed by atoms with Crippen molar-refractivity contribution < 1.29 is 9.59 Å². The van der Waals surface area contributed by atoms with E-state index in [0.29, 0.717) is 0 Å². The van der Waals surface area contributed by atoms with Crippen molar-refractivity contribution in [1.29, 1.82) is 0 Å². The van der Waals surface area contributed by atoms with E-state index in [4.69, 9.17) is 5.73 Å². The Kier molecular flexibility index (Phi) is 2.82. The Bertz CT molecular complexity index is 336. The fraction of sp³-hybridized carbons (Fsp3) is 0.600. The van der Waals surface area contributed by atoms with Crippen molar-refractivity contribution in [3.63, 3.8) is 0 Å². The second-order valence-electron chi connectivity index (χ2n) is 4.23. The van der Waals surface area contributed by atoms with Gasteiger partial charge in [0, 0.05) is 18.3 Å². The molecule has 1 atom stereocenters. The van der Waals surface area contributed by atoms with E-state index in [2.05, 4.69) is 16.0 Å². The standard InChI is InChI=1S/C10H16N4O2/c11-10(12-6-5-8(15)14-10)9(16)13-7-3-1-2-4-7/h5-7,12H,1-4,11H2,(H,13,16)(H,14,15). The molecule has 0 aromatic heterocycles. The summed E-state index contributed by atoms with van der Waals surface area (Å²) in [7, 11) is 0. The minimum absolute atomic E-state index is 0.178. The summed E-state index contributed by atoms with van der Waals surface area (Å²) in [5.74, 6) is -2.28. The van der Waals surface area contributed by atoms with Gasteiger partial charge in [0.15, 0.2) is 0 Å². The van der Waals surface area contributed by atoms with Crippen LogP contribution in [0.3, 0.4) is 0 Å².